The van der Waals surface area contributed by atoms with Crippen LogP contribution in [-0.2, 0) is 4.79 Å². The molecule has 0 radical (unpaired) electrons. The van der Waals surface area contributed by atoms with Gasteiger partial charge in [-0.2, -0.15) is 0 Å². The highest BCUT2D eigenvalue weighted by molar-refractivity contribution is 7.15. The molecule has 3 rings (SSSR count). The molecule has 1 aromatic carbocycles. The second-order valence-corrected chi connectivity index (χ2v) is 7.63. The van der Waals surface area contributed by atoms with Gasteiger partial charge < -0.3 is 5.32 Å². The van der Waals surface area contributed by atoms with Crippen molar-refractivity contribution in [3.8, 4) is 0 Å². The number of benzene rings is 1. The summed E-state index contributed by atoms with van der Waals surface area (Å²) in [4.78, 5) is 12.3. The van der Waals surface area contributed by atoms with Crippen LogP contribution in [0.2, 0.25) is 0 Å². The van der Waals surface area contributed by atoms with Crippen LogP contribution in [0.15, 0.2) is 18.2 Å². The molecule has 1 aliphatic carbocycles. The fourth-order valence-electron chi connectivity index (χ4n) is 3.05. The number of rotatable bonds is 5. The molecular weight excluding hydrogens is 339 g/mol. The zero-order chi connectivity index (χ0) is 17.8. The normalized spacial score (nSPS) is 16.4. The smallest absolute Gasteiger partial charge is 0.248 e. The Morgan fingerprint density at radius 2 is 2.04 bits per heavy atom. The average molecular weight is 362 g/mol. The molecule has 1 heterocycles. The molecular formula is C18H23FN4OS. The van der Waals surface area contributed by atoms with Gasteiger partial charge in [0, 0.05) is 5.92 Å². The molecule has 7 heteroatoms. The molecule has 1 aromatic heterocycles. The first-order valence-electron chi connectivity index (χ1n) is 8.70. The number of nitrogens with zero attached hydrogens (tertiary/aromatic N) is 2. The number of hydrogen-bond acceptors (Lipinski definition) is 5. The summed E-state index contributed by atoms with van der Waals surface area (Å²) >= 11 is 1.44. The minimum atomic E-state index is -0.584. The summed E-state index contributed by atoms with van der Waals surface area (Å²) in [6.07, 6.45) is 6.04. The van der Waals surface area contributed by atoms with Crippen LogP contribution >= 0.6 is 11.3 Å². The lowest BCUT2D eigenvalue weighted by atomic mass is 9.90. The molecule has 2 N–H and O–H groups in total. The van der Waals surface area contributed by atoms with Crippen molar-refractivity contribution in [3.05, 3.63) is 34.6 Å². The van der Waals surface area contributed by atoms with E-state index < -0.39 is 6.04 Å². The van der Waals surface area contributed by atoms with Crippen LogP contribution < -0.4 is 10.6 Å². The summed E-state index contributed by atoms with van der Waals surface area (Å²) in [6, 6.07) is 4.30. The van der Waals surface area contributed by atoms with Crippen molar-refractivity contribution in [3.63, 3.8) is 0 Å². The maximum atomic E-state index is 13.9. The largest absolute Gasteiger partial charge is 0.372 e. The van der Waals surface area contributed by atoms with Gasteiger partial charge in [-0.05, 0) is 44.4 Å². The number of amides is 1. The van der Waals surface area contributed by atoms with Crippen molar-refractivity contribution >= 4 is 28.1 Å². The predicted octanol–water partition coefficient (Wildman–Crippen LogP) is 4.47. The Morgan fingerprint density at radius 1 is 1.28 bits per heavy atom. The molecule has 1 unspecified atom stereocenters. The van der Waals surface area contributed by atoms with Crippen molar-refractivity contribution in [2.75, 3.05) is 10.6 Å². The highest BCUT2D eigenvalue weighted by atomic mass is 32.1. The maximum Gasteiger partial charge on any atom is 0.248 e. The van der Waals surface area contributed by atoms with Crippen molar-refractivity contribution < 1.29 is 9.18 Å². The predicted molar refractivity (Wildman–Crippen MR) is 98.6 cm³/mol. The van der Waals surface area contributed by atoms with Gasteiger partial charge >= 0.3 is 0 Å². The Labute approximate surface area is 151 Å². The lowest BCUT2D eigenvalue weighted by Gasteiger charge is -2.18. The van der Waals surface area contributed by atoms with Crippen molar-refractivity contribution in [1.29, 1.82) is 0 Å². The standard InChI is InChI=1S/C18H23FN4OS/c1-11-8-9-15(14(19)10-11)20-12(2)16(24)21-18-23-22-17(25-18)13-6-4-3-5-7-13/h8-10,12-13,20H,3-7H2,1-2H3,(H,21,23,24). The van der Waals surface area contributed by atoms with Gasteiger partial charge in [-0.1, -0.05) is 36.7 Å². The van der Waals surface area contributed by atoms with E-state index in [2.05, 4.69) is 20.8 Å². The highest BCUT2D eigenvalue weighted by Gasteiger charge is 2.21. The Balaban J connectivity index is 1.58. The molecule has 0 spiro atoms. The fourth-order valence-corrected chi connectivity index (χ4v) is 3.96. The van der Waals surface area contributed by atoms with Gasteiger partial charge in [-0.3, -0.25) is 10.1 Å². The molecule has 2 aromatic rings. The number of carbonyl (C=O) groups excluding carboxylic acids is 1. The summed E-state index contributed by atoms with van der Waals surface area (Å²) in [5.41, 5.74) is 1.15. The number of carbonyl (C=O) groups is 1. The number of nitrogens with one attached hydrogen (secondary N) is 2. The summed E-state index contributed by atoms with van der Waals surface area (Å²) in [7, 11) is 0. The second kappa shape index (κ2) is 7.91. The summed E-state index contributed by atoms with van der Waals surface area (Å²) in [5, 5.41) is 15.5. The van der Waals surface area contributed by atoms with Crippen LogP contribution in [0.1, 0.15) is 55.5 Å². The lowest BCUT2D eigenvalue weighted by molar-refractivity contribution is -0.116. The van der Waals surface area contributed by atoms with Crippen LogP contribution in [0.3, 0.4) is 0 Å². The van der Waals surface area contributed by atoms with E-state index in [4.69, 9.17) is 0 Å². The Morgan fingerprint density at radius 3 is 2.76 bits per heavy atom. The van der Waals surface area contributed by atoms with E-state index >= 15 is 0 Å². The van der Waals surface area contributed by atoms with Crippen molar-refractivity contribution in [2.24, 2.45) is 0 Å². The number of halogens is 1. The van der Waals surface area contributed by atoms with Gasteiger partial charge in [0.05, 0.1) is 5.69 Å². The van der Waals surface area contributed by atoms with E-state index in [1.54, 1.807) is 19.1 Å². The molecule has 5 nitrogen and oxygen atoms in total. The first-order chi connectivity index (χ1) is 12.0. The fraction of sp³-hybridized carbons (Fsp3) is 0.500. The van der Waals surface area contributed by atoms with Gasteiger partial charge in [0.2, 0.25) is 11.0 Å². The minimum absolute atomic E-state index is 0.258. The molecule has 25 heavy (non-hydrogen) atoms. The van der Waals surface area contributed by atoms with Gasteiger partial charge in [0.25, 0.3) is 0 Å². The minimum Gasteiger partial charge on any atom is -0.372 e. The van der Waals surface area contributed by atoms with Crippen molar-refractivity contribution in [1.82, 2.24) is 10.2 Å². The van der Waals surface area contributed by atoms with Crippen LogP contribution in [0.5, 0.6) is 0 Å². The maximum absolute atomic E-state index is 13.9. The number of aromatic nitrogens is 2. The molecule has 0 aliphatic heterocycles. The molecule has 1 atom stereocenters. The molecule has 1 saturated carbocycles. The average Bonchev–Trinajstić information content (AvgIpc) is 3.06. The molecule has 1 aliphatic rings. The second-order valence-electron chi connectivity index (χ2n) is 6.62. The van der Waals surface area contributed by atoms with E-state index in [1.807, 2.05) is 6.92 Å². The van der Waals surface area contributed by atoms with Crippen molar-refractivity contribution in [2.45, 2.75) is 57.9 Å². The number of hydrogen-bond donors (Lipinski definition) is 2. The number of aryl methyl sites for hydroxylation is 1. The van der Waals surface area contributed by atoms with E-state index in [9.17, 15) is 9.18 Å². The third-order valence-electron chi connectivity index (χ3n) is 4.52. The molecule has 0 bridgehead atoms. The molecule has 1 amide bonds. The SMILES string of the molecule is Cc1ccc(NC(C)C(=O)Nc2nnc(C3CCCCC3)s2)c(F)c1. The van der Waals surface area contributed by atoms with Gasteiger partial charge in [-0.25, -0.2) is 4.39 Å². The quantitative estimate of drug-likeness (QED) is 0.823. The Hall–Kier alpha value is -2.02. The summed E-state index contributed by atoms with van der Waals surface area (Å²) < 4.78 is 13.9. The van der Waals surface area contributed by atoms with E-state index in [0.29, 0.717) is 16.7 Å². The zero-order valence-corrected chi connectivity index (χ0v) is 15.3. The highest BCUT2D eigenvalue weighted by Crippen LogP contribution is 2.35. The third kappa shape index (κ3) is 4.54. The van der Waals surface area contributed by atoms with E-state index in [1.165, 1.54) is 36.7 Å². The first kappa shape index (κ1) is 17.8. The molecule has 0 saturated heterocycles. The van der Waals surface area contributed by atoms with Gasteiger partial charge in [-0.15, -0.1) is 10.2 Å². The zero-order valence-electron chi connectivity index (χ0n) is 14.5. The topological polar surface area (TPSA) is 66.9 Å². The number of anilines is 2. The lowest BCUT2D eigenvalue weighted by Crippen LogP contribution is -2.32. The molecule has 1 fully saturated rings. The van der Waals surface area contributed by atoms with Crippen LogP contribution in [0, 0.1) is 12.7 Å². The van der Waals surface area contributed by atoms with Crippen LogP contribution in [-0.4, -0.2) is 22.1 Å². The van der Waals surface area contributed by atoms with Gasteiger partial charge in [0.15, 0.2) is 0 Å². The third-order valence-corrected chi connectivity index (χ3v) is 5.52. The Kier molecular flexibility index (Phi) is 5.63. The molecule has 134 valence electrons. The monoisotopic (exact) mass is 362 g/mol. The van der Waals surface area contributed by atoms with Gasteiger partial charge in [0.1, 0.15) is 16.9 Å². The van der Waals surface area contributed by atoms with E-state index in [0.717, 1.165) is 23.4 Å². The van der Waals surface area contributed by atoms with Crippen LogP contribution in [0.4, 0.5) is 15.2 Å². The summed E-state index contributed by atoms with van der Waals surface area (Å²) in [6.45, 7) is 3.51. The van der Waals surface area contributed by atoms with E-state index in [-0.39, 0.29) is 11.7 Å². The Bertz CT molecular complexity index is 742. The first-order valence-corrected chi connectivity index (χ1v) is 9.51. The van der Waals surface area contributed by atoms with Crippen LogP contribution in [0.25, 0.3) is 0 Å². The summed E-state index contributed by atoms with van der Waals surface area (Å²) in [5.74, 6) is -0.157.